The molecule has 0 aromatic carbocycles. The van der Waals surface area contributed by atoms with E-state index in [1.165, 1.54) is 12.6 Å². The van der Waals surface area contributed by atoms with Crippen molar-refractivity contribution in [3.05, 3.63) is 42.2 Å². The van der Waals surface area contributed by atoms with E-state index in [4.69, 9.17) is 15.9 Å². The van der Waals surface area contributed by atoms with Gasteiger partial charge in [0.2, 0.25) is 0 Å². The van der Waals surface area contributed by atoms with Gasteiger partial charge in [0.15, 0.2) is 17.1 Å². The molecule has 1 atom stereocenters. The Bertz CT molecular complexity index is 968. The van der Waals surface area contributed by atoms with E-state index in [-0.39, 0.29) is 41.4 Å². The SMILES string of the molecule is Cl.NC(=O)c1ncn2c(-c3ccco3)cc(C(=O)N3CCC(N)C3)nc12. The van der Waals surface area contributed by atoms with E-state index in [1.54, 1.807) is 27.5 Å². The predicted octanol–water partition coefficient (Wildman–Crippen LogP) is 0.683. The van der Waals surface area contributed by atoms with Gasteiger partial charge in [0.05, 0.1) is 12.0 Å². The molecular formula is C16H17ClN6O3. The van der Waals surface area contributed by atoms with Crippen LogP contribution in [-0.4, -0.2) is 50.2 Å². The number of nitrogens with two attached hydrogens (primary N) is 2. The number of carbonyl (C=O) groups is 2. The number of nitrogens with zero attached hydrogens (tertiary/aromatic N) is 4. The van der Waals surface area contributed by atoms with Crippen LogP contribution in [0.3, 0.4) is 0 Å². The topological polar surface area (TPSA) is 133 Å². The van der Waals surface area contributed by atoms with Crippen LogP contribution >= 0.6 is 12.4 Å². The van der Waals surface area contributed by atoms with E-state index in [0.717, 1.165) is 6.42 Å². The third-order valence-corrected chi connectivity index (χ3v) is 4.24. The Balaban J connectivity index is 0.00000196. The van der Waals surface area contributed by atoms with Crippen LogP contribution in [0.2, 0.25) is 0 Å². The maximum atomic E-state index is 12.8. The molecule has 1 saturated heterocycles. The number of imidazole rings is 1. The van der Waals surface area contributed by atoms with Crippen molar-refractivity contribution in [1.82, 2.24) is 19.3 Å². The number of fused-ring (bicyclic) bond motifs is 1. The van der Waals surface area contributed by atoms with Gasteiger partial charge in [0.1, 0.15) is 12.0 Å². The van der Waals surface area contributed by atoms with Gasteiger partial charge in [-0.25, -0.2) is 9.97 Å². The van der Waals surface area contributed by atoms with Gasteiger partial charge in [-0.2, -0.15) is 0 Å². The number of hydrogen-bond donors (Lipinski definition) is 2. The molecule has 3 aromatic rings. The lowest BCUT2D eigenvalue weighted by atomic mass is 10.2. The Labute approximate surface area is 154 Å². The van der Waals surface area contributed by atoms with Gasteiger partial charge >= 0.3 is 0 Å². The summed E-state index contributed by atoms with van der Waals surface area (Å²) in [6, 6.07) is 5.06. The molecule has 0 aliphatic carbocycles. The monoisotopic (exact) mass is 376 g/mol. The molecule has 1 aliphatic heterocycles. The molecular weight excluding hydrogens is 360 g/mol. The zero-order valence-corrected chi connectivity index (χ0v) is 14.5. The summed E-state index contributed by atoms with van der Waals surface area (Å²) < 4.78 is 7.01. The van der Waals surface area contributed by atoms with Gasteiger partial charge in [0, 0.05) is 19.1 Å². The lowest BCUT2D eigenvalue weighted by Gasteiger charge is -2.16. The third-order valence-electron chi connectivity index (χ3n) is 4.24. The minimum absolute atomic E-state index is 0. The fourth-order valence-corrected chi connectivity index (χ4v) is 3.00. The second-order valence-electron chi connectivity index (χ2n) is 5.95. The maximum Gasteiger partial charge on any atom is 0.272 e. The molecule has 10 heteroatoms. The van der Waals surface area contributed by atoms with Crippen LogP contribution in [0.15, 0.2) is 35.2 Å². The molecule has 26 heavy (non-hydrogen) atoms. The van der Waals surface area contributed by atoms with E-state index >= 15 is 0 Å². The van der Waals surface area contributed by atoms with E-state index in [9.17, 15) is 9.59 Å². The largest absolute Gasteiger partial charge is 0.463 e. The highest BCUT2D eigenvalue weighted by Gasteiger charge is 2.27. The number of likely N-dealkylation sites (tertiary alicyclic amines) is 1. The van der Waals surface area contributed by atoms with Crippen molar-refractivity contribution >= 4 is 29.9 Å². The highest BCUT2D eigenvalue weighted by molar-refractivity contribution is 5.99. The van der Waals surface area contributed by atoms with Crippen molar-refractivity contribution in [1.29, 1.82) is 0 Å². The average Bonchev–Trinajstić information content (AvgIpc) is 3.33. The molecule has 3 aromatic heterocycles. The van der Waals surface area contributed by atoms with Gasteiger partial charge in [-0.15, -0.1) is 12.4 Å². The normalized spacial score (nSPS) is 16.7. The Kier molecular flexibility index (Phi) is 4.66. The summed E-state index contributed by atoms with van der Waals surface area (Å²) in [4.78, 5) is 34.4. The number of rotatable bonds is 3. The Morgan fingerprint density at radius 3 is 2.77 bits per heavy atom. The number of carbonyl (C=O) groups excluding carboxylic acids is 2. The number of furan rings is 1. The van der Waals surface area contributed by atoms with Crippen molar-refractivity contribution in [3.63, 3.8) is 0 Å². The lowest BCUT2D eigenvalue weighted by molar-refractivity contribution is 0.0785. The Morgan fingerprint density at radius 2 is 2.15 bits per heavy atom. The molecule has 136 valence electrons. The van der Waals surface area contributed by atoms with Crippen molar-refractivity contribution in [2.45, 2.75) is 12.5 Å². The number of primary amides is 1. The average molecular weight is 377 g/mol. The van der Waals surface area contributed by atoms with Crippen LogP contribution in [0.4, 0.5) is 0 Å². The summed E-state index contributed by atoms with van der Waals surface area (Å²) in [6.07, 6.45) is 3.70. The molecule has 4 heterocycles. The third kappa shape index (κ3) is 2.91. The Hall–Kier alpha value is -2.91. The zero-order chi connectivity index (χ0) is 17.6. The molecule has 0 radical (unpaired) electrons. The highest BCUT2D eigenvalue weighted by Crippen LogP contribution is 2.24. The molecule has 0 spiro atoms. The second-order valence-corrected chi connectivity index (χ2v) is 5.95. The van der Waals surface area contributed by atoms with Crippen LogP contribution in [-0.2, 0) is 0 Å². The zero-order valence-electron chi connectivity index (χ0n) is 13.7. The first-order chi connectivity index (χ1) is 12.0. The molecule has 4 rings (SSSR count). The summed E-state index contributed by atoms with van der Waals surface area (Å²) in [5, 5.41) is 0. The van der Waals surface area contributed by atoms with Crippen molar-refractivity contribution < 1.29 is 14.0 Å². The summed E-state index contributed by atoms with van der Waals surface area (Å²) >= 11 is 0. The molecule has 1 fully saturated rings. The van der Waals surface area contributed by atoms with Gasteiger partial charge in [-0.05, 0) is 24.6 Å². The molecule has 1 unspecified atom stereocenters. The van der Waals surface area contributed by atoms with E-state index < -0.39 is 5.91 Å². The van der Waals surface area contributed by atoms with Crippen LogP contribution in [0.1, 0.15) is 27.4 Å². The van der Waals surface area contributed by atoms with Crippen molar-refractivity contribution in [2.75, 3.05) is 13.1 Å². The minimum atomic E-state index is -0.715. The first-order valence-electron chi connectivity index (χ1n) is 7.81. The predicted molar refractivity (Wildman–Crippen MR) is 95.0 cm³/mol. The van der Waals surface area contributed by atoms with Crippen LogP contribution in [0.25, 0.3) is 17.1 Å². The molecule has 9 nitrogen and oxygen atoms in total. The quantitative estimate of drug-likeness (QED) is 0.690. The fraction of sp³-hybridized carbons (Fsp3) is 0.250. The van der Waals surface area contributed by atoms with E-state index in [2.05, 4.69) is 9.97 Å². The van der Waals surface area contributed by atoms with Crippen LogP contribution in [0, 0.1) is 0 Å². The first kappa shape index (κ1) is 17.9. The van der Waals surface area contributed by atoms with E-state index in [0.29, 0.717) is 24.5 Å². The molecule has 4 N–H and O–H groups in total. The second kappa shape index (κ2) is 6.77. The molecule has 1 aliphatic rings. The molecule has 2 amide bonds. The number of halogens is 1. The lowest BCUT2D eigenvalue weighted by Crippen LogP contribution is -2.32. The summed E-state index contributed by atoms with van der Waals surface area (Å²) in [5.74, 6) is -0.443. The summed E-state index contributed by atoms with van der Waals surface area (Å²) in [5.41, 5.74) is 12.2. The van der Waals surface area contributed by atoms with Crippen LogP contribution in [0.5, 0.6) is 0 Å². The maximum absolute atomic E-state index is 12.8. The van der Waals surface area contributed by atoms with Gasteiger partial charge < -0.3 is 20.8 Å². The van der Waals surface area contributed by atoms with Gasteiger partial charge in [0.25, 0.3) is 11.8 Å². The number of hydrogen-bond acceptors (Lipinski definition) is 6. The standard InChI is InChI=1S/C16H16N6O3.ClH/c17-9-3-4-21(7-9)16(24)10-6-11(12-2-1-5-25-12)22-8-19-13(14(18)23)15(22)20-10;/h1-2,5-6,8-9H,3-4,7,17H2,(H2,18,23);1H. The number of amides is 2. The minimum Gasteiger partial charge on any atom is -0.463 e. The van der Waals surface area contributed by atoms with Crippen LogP contribution < -0.4 is 11.5 Å². The highest BCUT2D eigenvalue weighted by atomic mass is 35.5. The van der Waals surface area contributed by atoms with Gasteiger partial charge in [-0.1, -0.05) is 0 Å². The first-order valence-corrected chi connectivity index (χ1v) is 7.81. The smallest absolute Gasteiger partial charge is 0.272 e. The molecule has 0 saturated carbocycles. The summed E-state index contributed by atoms with van der Waals surface area (Å²) in [6.45, 7) is 1.05. The van der Waals surface area contributed by atoms with Gasteiger partial charge in [-0.3, -0.25) is 14.0 Å². The van der Waals surface area contributed by atoms with Crippen molar-refractivity contribution in [3.8, 4) is 11.5 Å². The fourth-order valence-electron chi connectivity index (χ4n) is 3.00. The molecule has 0 bridgehead atoms. The number of aromatic nitrogens is 3. The Morgan fingerprint density at radius 1 is 1.35 bits per heavy atom. The van der Waals surface area contributed by atoms with E-state index in [1.807, 2.05) is 0 Å². The van der Waals surface area contributed by atoms with Crippen molar-refractivity contribution in [2.24, 2.45) is 11.5 Å². The summed E-state index contributed by atoms with van der Waals surface area (Å²) in [7, 11) is 0.